The minimum Gasteiger partial charge on any atom is -0.368 e. The Morgan fingerprint density at radius 3 is 2.92 bits per heavy atom. The summed E-state index contributed by atoms with van der Waals surface area (Å²) >= 11 is 1.62. The van der Waals surface area contributed by atoms with Crippen molar-refractivity contribution >= 4 is 17.7 Å². The second-order valence-corrected chi connectivity index (χ2v) is 4.01. The van der Waals surface area contributed by atoms with Crippen molar-refractivity contribution in [2.75, 3.05) is 18.1 Å². The molecule has 2 N–H and O–H groups in total. The Labute approximate surface area is 82.1 Å². The smallest absolute Gasteiger partial charge is 0.235 e. The molecule has 72 valence electrons. The number of carbonyl (C=O) groups is 1. The molecule has 0 aromatic rings. The van der Waals surface area contributed by atoms with Crippen LogP contribution in [-0.4, -0.2) is 40.9 Å². The fourth-order valence-electron chi connectivity index (χ4n) is 1.50. The molecule has 2 unspecified atom stereocenters. The van der Waals surface area contributed by atoms with E-state index in [1.54, 1.807) is 11.8 Å². The van der Waals surface area contributed by atoms with Crippen LogP contribution in [-0.2, 0) is 4.79 Å². The maximum Gasteiger partial charge on any atom is 0.235 e. The van der Waals surface area contributed by atoms with Gasteiger partial charge in [-0.2, -0.15) is 17.0 Å². The quantitative estimate of drug-likeness (QED) is 0.668. The average molecular weight is 199 g/mol. The van der Waals surface area contributed by atoms with Gasteiger partial charge in [0.2, 0.25) is 5.91 Å². The van der Waals surface area contributed by atoms with E-state index in [1.165, 1.54) is 0 Å². The third-order valence-corrected chi connectivity index (χ3v) is 3.30. The van der Waals surface area contributed by atoms with E-state index in [9.17, 15) is 4.79 Å². The van der Waals surface area contributed by atoms with Crippen LogP contribution in [0.4, 0.5) is 0 Å². The Balaban J connectivity index is 2.74. The highest BCUT2D eigenvalue weighted by atomic mass is 32.2. The van der Waals surface area contributed by atoms with Crippen LogP contribution in [0.2, 0.25) is 0 Å². The molecule has 1 saturated heterocycles. The fourth-order valence-corrected chi connectivity index (χ4v) is 2.70. The number of nitriles is 1. The summed E-state index contributed by atoms with van der Waals surface area (Å²) in [6.07, 6.45) is 0. The lowest BCUT2D eigenvalue weighted by Gasteiger charge is -2.35. The van der Waals surface area contributed by atoms with E-state index < -0.39 is 0 Å². The minimum atomic E-state index is -0.325. The van der Waals surface area contributed by atoms with Gasteiger partial charge in [0, 0.05) is 11.5 Å². The number of nitrogens with two attached hydrogens (primary N) is 1. The van der Waals surface area contributed by atoms with Gasteiger partial charge >= 0.3 is 0 Å². The summed E-state index contributed by atoms with van der Waals surface area (Å²) in [5.74, 6) is 1.16. The van der Waals surface area contributed by atoms with Crippen molar-refractivity contribution in [3.63, 3.8) is 0 Å². The number of amides is 1. The van der Waals surface area contributed by atoms with Crippen LogP contribution in [0.1, 0.15) is 6.92 Å². The summed E-state index contributed by atoms with van der Waals surface area (Å²) < 4.78 is 0. The first-order valence-corrected chi connectivity index (χ1v) is 5.38. The molecule has 1 fully saturated rings. The van der Waals surface area contributed by atoms with Crippen molar-refractivity contribution < 1.29 is 4.79 Å². The SMILES string of the molecule is CCN1C(C#N)CSCC1C(N)=O. The van der Waals surface area contributed by atoms with Crippen molar-refractivity contribution in [1.82, 2.24) is 4.90 Å². The van der Waals surface area contributed by atoms with E-state index in [0.29, 0.717) is 12.3 Å². The van der Waals surface area contributed by atoms with Crippen LogP contribution >= 0.6 is 11.8 Å². The van der Waals surface area contributed by atoms with Crippen LogP contribution in [0.3, 0.4) is 0 Å². The van der Waals surface area contributed by atoms with Gasteiger partial charge in [-0.05, 0) is 6.54 Å². The van der Waals surface area contributed by atoms with Gasteiger partial charge in [0.15, 0.2) is 0 Å². The third-order valence-electron chi connectivity index (χ3n) is 2.19. The molecule has 1 rings (SSSR count). The zero-order chi connectivity index (χ0) is 9.84. The van der Waals surface area contributed by atoms with E-state index in [0.717, 1.165) is 5.75 Å². The number of carbonyl (C=O) groups excluding carboxylic acids is 1. The molecule has 4 nitrogen and oxygen atoms in total. The van der Waals surface area contributed by atoms with Crippen molar-refractivity contribution in [1.29, 1.82) is 5.26 Å². The maximum atomic E-state index is 11.0. The molecular formula is C8H13N3OS. The predicted octanol–water partition coefficient (Wildman–Crippen LogP) is -0.199. The van der Waals surface area contributed by atoms with Crippen LogP contribution in [0.25, 0.3) is 0 Å². The lowest BCUT2D eigenvalue weighted by Crippen LogP contribution is -2.54. The molecule has 1 amide bonds. The predicted molar refractivity (Wildman–Crippen MR) is 52.1 cm³/mol. The summed E-state index contributed by atoms with van der Waals surface area (Å²) in [4.78, 5) is 12.9. The highest BCUT2D eigenvalue weighted by molar-refractivity contribution is 7.99. The summed E-state index contributed by atoms with van der Waals surface area (Å²) in [6, 6.07) is 1.75. The van der Waals surface area contributed by atoms with E-state index in [4.69, 9.17) is 11.0 Å². The standard InChI is InChI=1S/C8H13N3OS/c1-2-11-6(3-9)4-13-5-7(11)8(10)12/h6-7H,2,4-5H2,1H3,(H2,10,12). The van der Waals surface area contributed by atoms with E-state index in [-0.39, 0.29) is 18.0 Å². The number of nitrogens with zero attached hydrogens (tertiary/aromatic N) is 2. The molecule has 0 saturated carbocycles. The van der Waals surface area contributed by atoms with Gasteiger partial charge in [-0.15, -0.1) is 0 Å². The number of thioether (sulfide) groups is 1. The van der Waals surface area contributed by atoms with Gasteiger partial charge in [-0.1, -0.05) is 6.92 Å². The Morgan fingerprint density at radius 2 is 2.46 bits per heavy atom. The first kappa shape index (κ1) is 10.4. The van der Waals surface area contributed by atoms with Gasteiger partial charge < -0.3 is 5.73 Å². The van der Waals surface area contributed by atoms with Crippen molar-refractivity contribution in [2.45, 2.75) is 19.0 Å². The second-order valence-electron chi connectivity index (χ2n) is 2.93. The molecule has 1 aliphatic heterocycles. The molecule has 1 aliphatic rings. The minimum absolute atomic E-state index is 0.166. The molecular weight excluding hydrogens is 186 g/mol. The van der Waals surface area contributed by atoms with E-state index in [1.807, 2.05) is 11.8 Å². The topological polar surface area (TPSA) is 70.1 Å². The van der Waals surface area contributed by atoms with Crippen molar-refractivity contribution in [3.05, 3.63) is 0 Å². The van der Waals surface area contributed by atoms with Crippen LogP contribution in [0.15, 0.2) is 0 Å². The van der Waals surface area contributed by atoms with Crippen molar-refractivity contribution in [2.24, 2.45) is 5.73 Å². The van der Waals surface area contributed by atoms with Gasteiger partial charge in [-0.25, -0.2) is 0 Å². The van der Waals surface area contributed by atoms with Crippen LogP contribution in [0.5, 0.6) is 0 Å². The highest BCUT2D eigenvalue weighted by Crippen LogP contribution is 2.20. The van der Waals surface area contributed by atoms with Crippen LogP contribution < -0.4 is 5.73 Å². The number of rotatable bonds is 2. The molecule has 0 spiro atoms. The summed E-state index contributed by atoms with van der Waals surface area (Å²) in [5, 5.41) is 8.83. The number of primary amides is 1. The van der Waals surface area contributed by atoms with Gasteiger partial charge in [0.25, 0.3) is 0 Å². The lowest BCUT2D eigenvalue weighted by atomic mass is 10.2. The number of likely N-dealkylation sites (N-methyl/N-ethyl adjacent to an activating group) is 1. The summed E-state index contributed by atoms with van der Waals surface area (Å²) in [6.45, 7) is 2.64. The Kier molecular flexibility index (Phi) is 3.58. The Hall–Kier alpha value is -0.730. The molecule has 0 aliphatic carbocycles. The number of hydrogen-bond donors (Lipinski definition) is 1. The molecule has 0 aromatic heterocycles. The zero-order valence-electron chi connectivity index (χ0n) is 7.56. The monoisotopic (exact) mass is 199 g/mol. The third kappa shape index (κ3) is 2.14. The molecule has 13 heavy (non-hydrogen) atoms. The van der Waals surface area contributed by atoms with Gasteiger partial charge in [-0.3, -0.25) is 9.69 Å². The summed E-state index contributed by atoms with van der Waals surface area (Å²) in [7, 11) is 0. The summed E-state index contributed by atoms with van der Waals surface area (Å²) in [5.41, 5.74) is 5.25. The largest absolute Gasteiger partial charge is 0.368 e. The first-order valence-electron chi connectivity index (χ1n) is 4.23. The molecule has 0 aromatic carbocycles. The normalized spacial score (nSPS) is 29.5. The average Bonchev–Trinajstić information content (AvgIpc) is 2.16. The Bertz CT molecular complexity index is 238. The van der Waals surface area contributed by atoms with E-state index in [2.05, 4.69) is 6.07 Å². The Morgan fingerprint density at radius 1 is 1.77 bits per heavy atom. The fraction of sp³-hybridized carbons (Fsp3) is 0.750. The molecule has 1 heterocycles. The van der Waals surface area contributed by atoms with E-state index >= 15 is 0 Å². The first-order chi connectivity index (χ1) is 6.20. The maximum absolute atomic E-state index is 11.0. The van der Waals surface area contributed by atoms with Gasteiger partial charge in [0.05, 0.1) is 12.1 Å². The molecule has 5 heteroatoms. The lowest BCUT2D eigenvalue weighted by molar-refractivity contribution is -0.122. The molecule has 0 bridgehead atoms. The molecule has 2 atom stereocenters. The van der Waals surface area contributed by atoms with Crippen LogP contribution in [0, 0.1) is 11.3 Å². The number of hydrogen-bond acceptors (Lipinski definition) is 4. The molecule has 0 radical (unpaired) electrons. The van der Waals surface area contributed by atoms with Crippen molar-refractivity contribution in [3.8, 4) is 6.07 Å². The van der Waals surface area contributed by atoms with Gasteiger partial charge in [0.1, 0.15) is 6.04 Å². The second kappa shape index (κ2) is 4.49. The highest BCUT2D eigenvalue weighted by Gasteiger charge is 2.32. The zero-order valence-corrected chi connectivity index (χ0v) is 8.38.